The van der Waals surface area contributed by atoms with Crippen molar-refractivity contribution in [3.05, 3.63) is 11.6 Å². The Hall–Kier alpha value is -1.96. The second-order valence-electron chi connectivity index (χ2n) is 25.9. The molecule has 4 saturated carbocycles. The van der Waals surface area contributed by atoms with E-state index in [9.17, 15) is 81.1 Å². The quantitative estimate of drug-likeness (QED) is 0.0707. The van der Waals surface area contributed by atoms with Crippen LogP contribution in [0.3, 0.4) is 0 Å². The zero-order chi connectivity index (χ0) is 56.4. The molecule has 4 saturated heterocycles. The van der Waals surface area contributed by atoms with Gasteiger partial charge in [-0.15, -0.1) is 0 Å². The highest BCUT2D eigenvalue weighted by Crippen LogP contribution is 2.74. The normalized spacial score (nSPS) is 53.5. The van der Waals surface area contributed by atoms with Crippen LogP contribution in [0, 0.1) is 44.8 Å². The van der Waals surface area contributed by atoms with Crippen LogP contribution < -0.4 is 0 Å². The Kier molecular flexibility index (Phi) is 16.5. The first-order valence-electron chi connectivity index (χ1n) is 27.3. The van der Waals surface area contributed by atoms with Gasteiger partial charge in [0.1, 0.15) is 97.2 Å². The van der Waals surface area contributed by atoms with E-state index < -0.39 is 171 Å². The van der Waals surface area contributed by atoms with Gasteiger partial charge in [0, 0.05) is 17.8 Å². The number of fused-ring (bicyclic) bond motifs is 7. The molecule has 440 valence electrons. The number of carbonyl (C=O) groups excluding carboxylic acids is 1. The number of carboxylic acids is 1. The summed E-state index contributed by atoms with van der Waals surface area (Å²) >= 11 is 0. The van der Waals surface area contributed by atoms with E-state index in [4.69, 9.17) is 37.9 Å². The number of rotatable bonds is 12. The molecule has 9 aliphatic rings. The zero-order valence-corrected chi connectivity index (χ0v) is 44.8. The molecule has 24 nitrogen and oxygen atoms in total. The number of aliphatic carboxylic acids is 1. The van der Waals surface area contributed by atoms with Gasteiger partial charge in [-0.3, -0.25) is 4.79 Å². The van der Waals surface area contributed by atoms with Crippen LogP contribution in [0.15, 0.2) is 11.6 Å². The number of ketones is 1. The highest BCUT2D eigenvalue weighted by molar-refractivity contribution is 5.91. The Morgan fingerprint density at radius 2 is 1.10 bits per heavy atom. The molecule has 0 amide bonds. The molecule has 28 atom stereocenters. The monoisotopic (exact) mass is 1100 g/mol. The van der Waals surface area contributed by atoms with Gasteiger partial charge in [0.25, 0.3) is 0 Å². The van der Waals surface area contributed by atoms with E-state index in [1.165, 1.54) is 5.57 Å². The van der Waals surface area contributed by atoms with E-state index in [0.717, 1.165) is 19.3 Å². The molecule has 4 aliphatic heterocycles. The highest BCUT2D eigenvalue weighted by atomic mass is 16.8. The lowest BCUT2D eigenvalue weighted by Crippen LogP contribution is -2.69. The Morgan fingerprint density at radius 3 is 1.66 bits per heavy atom. The van der Waals surface area contributed by atoms with E-state index >= 15 is 0 Å². The number of Topliss-reactive ketones (excluding diaryl/α,β-unsaturated/α-hetero) is 1. The Morgan fingerprint density at radius 1 is 0.584 bits per heavy atom. The van der Waals surface area contributed by atoms with Crippen molar-refractivity contribution >= 4 is 11.8 Å². The Labute approximate surface area is 446 Å². The van der Waals surface area contributed by atoms with Gasteiger partial charge in [0.2, 0.25) is 0 Å². The fourth-order valence-corrected chi connectivity index (χ4v) is 16.0. The molecule has 0 spiro atoms. The summed E-state index contributed by atoms with van der Waals surface area (Å²) < 4.78 is 48.7. The van der Waals surface area contributed by atoms with Crippen molar-refractivity contribution in [3.63, 3.8) is 0 Å². The summed E-state index contributed by atoms with van der Waals surface area (Å²) in [6, 6.07) is 0. The van der Waals surface area contributed by atoms with E-state index in [2.05, 4.69) is 40.7 Å². The summed E-state index contributed by atoms with van der Waals surface area (Å²) in [5, 5.41) is 152. The van der Waals surface area contributed by atoms with Crippen LogP contribution in [0.4, 0.5) is 0 Å². The van der Waals surface area contributed by atoms with Crippen molar-refractivity contribution in [1.82, 2.24) is 0 Å². The molecule has 9 rings (SSSR count). The maximum atomic E-state index is 14.3. The molecule has 0 bridgehead atoms. The van der Waals surface area contributed by atoms with Gasteiger partial charge in [0.15, 0.2) is 37.0 Å². The van der Waals surface area contributed by atoms with Crippen LogP contribution in [0.2, 0.25) is 0 Å². The predicted octanol–water partition coefficient (Wildman–Crippen LogP) is -2.54. The molecule has 8 fully saturated rings. The highest BCUT2D eigenvalue weighted by Gasteiger charge is 2.71. The van der Waals surface area contributed by atoms with Gasteiger partial charge in [-0.05, 0) is 84.9 Å². The van der Waals surface area contributed by atoms with Crippen molar-refractivity contribution in [2.24, 2.45) is 44.8 Å². The first-order valence-corrected chi connectivity index (χ1v) is 27.3. The molecule has 14 N–H and O–H groups in total. The van der Waals surface area contributed by atoms with Crippen molar-refractivity contribution in [1.29, 1.82) is 0 Å². The summed E-state index contributed by atoms with van der Waals surface area (Å²) in [5.74, 6) is -2.07. The number of carbonyl (C=O) groups is 2. The lowest BCUT2D eigenvalue weighted by Gasteiger charge is -2.71. The van der Waals surface area contributed by atoms with Crippen LogP contribution in [0.1, 0.15) is 106 Å². The summed E-state index contributed by atoms with van der Waals surface area (Å²) in [7, 11) is 0. The molecule has 0 aromatic carbocycles. The minimum atomic E-state index is -2.28. The molecule has 4 heterocycles. The average Bonchev–Trinajstić information content (AvgIpc) is 3.51. The summed E-state index contributed by atoms with van der Waals surface area (Å²) in [6.07, 6.45) is -32.2. The van der Waals surface area contributed by atoms with E-state index in [-0.39, 0.29) is 46.2 Å². The second kappa shape index (κ2) is 21.3. The maximum absolute atomic E-state index is 14.3. The molecular weight excluding hydrogens is 1020 g/mol. The molecule has 1 unspecified atom stereocenters. The fraction of sp³-hybridized carbons (Fsp3) is 0.925. The van der Waals surface area contributed by atoms with Crippen LogP contribution >= 0.6 is 0 Å². The van der Waals surface area contributed by atoms with E-state index in [1.54, 1.807) is 0 Å². The number of ether oxygens (including phenoxy) is 8. The smallest absolute Gasteiger partial charge is 0.335 e. The molecule has 0 aromatic rings. The number of allylic oxidation sites excluding steroid dienone is 1. The van der Waals surface area contributed by atoms with E-state index in [0.29, 0.717) is 32.1 Å². The Balaban J connectivity index is 1.05. The first-order chi connectivity index (χ1) is 35.9. The van der Waals surface area contributed by atoms with Gasteiger partial charge in [-0.25, -0.2) is 4.79 Å². The van der Waals surface area contributed by atoms with Crippen molar-refractivity contribution in [2.45, 2.75) is 241 Å². The Bertz CT molecular complexity index is 2180. The van der Waals surface area contributed by atoms with Gasteiger partial charge in [-0.2, -0.15) is 0 Å². The van der Waals surface area contributed by atoms with Gasteiger partial charge >= 0.3 is 5.97 Å². The number of aliphatic hydroxyl groups excluding tert-OH is 12. The lowest BCUT2D eigenvalue weighted by atomic mass is 9.34. The fourth-order valence-electron chi connectivity index (χ4n) is 16.0. The summed E-state index contributed by atoms with van der Waals surface area (Å²) in [4.78, 5) is 27.4. The van der Waals surface area contributed by atoms with Crippen molar-refractivity contribution in [3.8, 4) is 0 Å². The molecule has 77 heavy (non-hydrogen) atoms. The van der Waals surface area contributed by atoms with E-state index in [1.807, 2.05) is 13.8 Å². The van der Waals surface area contributed by atoms with Crippen LogP contribution in [0.5, 0.6) is 0 Å². The summed E-state index contributed by atoms with van der Waals surface area (Å²) in [5.41, 5.74) is -2.24. The third-order valence-electron chi connectivity index (χ3n) is 20.8. The standard InChI is InChI=1S/C53H84O24/c1-48(2)14-15-53(69)22(16-48)21-8-9-27-50(5)12-11-29(49(3,4)26(50)10-13-51(27,6)52(21,7)17-28(53)57)73-47-42(77-45-37(65)34(62)31(59)24(19-55)71-45)39(38(66)40(75-47)43(67)68)74-46-41(35(63)32(60)25(20-56)72-46)76-44-36(64)33(61)30(58)23(18-54)70-44/h8,22-27,29-42,44-47,54-56,58-66,69H,9-20H2,1-7H3,(H,67,68)/t22-,23+,24+,25+,26?,27+,29-,30+,31-,32-,33-,34-,35-,36+,37+,38-,39-,40-,41+,42+,44-,45-,46-,47+,50-,51+,52+,53+/m0/s1. The molecule has 24 heteroatoms. The van der Waals surface area contributed by atoms with Crippen molar-refractivity contribution < 1.29 is 119 Å². The molecular formula is C53H84O24. The van der Waals surface area contributed by atoms with Crippen LogP contribution in [-0.4, -0.2) is 238 Å². The topological polar surface area (TPSA) is 391 Å². The maximum Gasteiger partial charge on any atom is 0.335 e. The largest absolute Gasteiger partial charge is 0.479 e. The second-order valence-corrected chi connectivity index (χ2v) is 25.9. The van der Waals surface area contributed by atoms with Crippen LogP contribution in [-0.2, 0) is 47.5 Å². The molecule has 5 aliphatic carbocycles. The summed E-state index contributed by atoms with van der Waals surface area (Å²) in [6.45, 7) is 12.6. The third-order valence-corrected chi connectivity index (χ3v) is 20.8. The van der Waals surface area contributed by atoms with Gasteiger partial charge < -0.3 is 109 Å². The minimum Gasteiger partial charge on any atom is -0.479 e. The van der Waals surface area contributed by atoms with Crippen LogP contribution in [0.25, 0.3) is 0 Å². The average molecular weight is 1110 g/mol. The molecule has 0 aromatic heterocycles. The zero-order valence-electron chi connectivity index (χ0n) is 44.8. The predicted molar refractivity (Wildman–Crippen MR) is 259 cm³/mol. The minimum absolute atomic E-state index is 0.0530. The number of hydrogen-bond acceptors (Lipinski definition) is 23. The SMILES string of the molecule is CC1(C)CC[C@]2(O)C(=O)C[C@]3(C)C(=CC[C@@H]4[C@@]5(C)CC[C@H](O[C@@H]6O[C@H](C(=O)O)[C@@H](O)[C@H](O[C@@H]7O[C@H](CO)[C@H](O)[C@H](O)[C@H]7O[C@@H]7O[C@H](CO)[C@@H](O)[C@H](O)[C@H]7O)[C@H]6O[C@@H]6O[C@H](CO)[C@H](O)[C@H](O)[C@H]6O)C(C)(C)C5CC[C@]43C)[C@@H]2C1. The number of hydrogen-bond donors (Lipinski definition) is 14. The van der Waals surface area contributed by atoms with Gasteiger partial charge in [-0.1, -0.05) is 60.1 Å². The first kappa shape index (κ1) is 59.7. The van der Waals surface area contributed by atoms with Gasteiger partial charge in [0.05, 0.1) is 25.9 Å². The number of carboxylic acid groups (broad SMARTS) is 1. The number of aliphatic hydroxyl groups is 13. The van der Waals surface area contributed by atoms with Crippen molar-refractivity contribution in [2.75, 3.05) is 19.8 Å². The molecule has 0 radical (unpaired) electrons. The third kappa shape index (κ3) is 9.70. The lowest BCUT2D eigenvalue weighted by molar-refractivity contribution is -0.407.